The monoisotopic (exact) mass is 374 g/mol. The molecule has 3 heterocycles. The summed E-state index contributed by atoms with van der Waals surface area (Å²) in [4.78, 5) is 23.2. The highest BCUT2D eigenvalue weighted by atomic mass is 16.7. The minimum absolute atomic E-state index is 0.125. The molecule has 3 aromatic rings. The zero-order valence-corrected chi connectivity index (χ0v) is 15.1. The van der Waals surface area contributed by atoms with E-state index in [9.17, 15) is 4.79 Å². The van der Waals surface area contributed by atoms with Crippen molar-refractivity contribution in [3.63, 3.8) is 0 Å². The van der Waals surface area contributed by atoms with Crippen LogP contribution in [0.1, 0.15) is 21.6 Å². The first-order valence-corrected chi connectivity index (χ1v) is 9.12. The van der Waals surface area contributed by atoms with Crippen LogP contribution in [0.5, 0.6) is 11.5 Å². The first-order chi connectivity index (χ1) is 13.8. The van der Waals surface area contributed by atoms with Crippen molar-refractivity contribution in [3.05, 3.63) is 71.7 Å². The first-order valence-electron chi connectivity index (χ1n) is 9.12. The smallest absolute Gasteiger partial charge is 0.278 e. The Kier molecular flexibility index (Phi) is 4.05. The Morgan fingerprint density at radius 2 is 1.96 bits per heavy atom. The Bertz CT molecular complexity index is 1040. The fraction of sp³-hybridized carbons (Fsp3) is 0.190. The summed E-state index contributed by atoms with van der Waals surface area (Å²) < 4.78 is 10.7. The Labute approximate surface area is 161 Å². The van der Waals surface area contributed by atoms with E-state index in [0.717, 1.165) is 29.2 Å². The molecule has 140 valence electrons. The van der Waals surface area contributed by atoms with E-state index >= 15 is 0 Å². The maximum atomic E-state index is 12.8. The van der Waals surface area contributed by atoms with Gasteiger partial charge in [0.15, 0.2) is 11.5 Å². The van der Waals surface area contributed by atoms with Crippen LogP contribution in [-0.2, 0) is 13.0 Å². The Morgan fingerprint density at radius 3 is 2.86 bits per heavy atom. The number of hydrogen-bond donors (Lipinski definition) is 1. The largest absolute Gasteiger partial charge is 0.454 e. The number of nitrogens with one attached hydrogen (secondary N) is 1. The van der Waals surface area contributed by atoms with E-state index in [1.807, 2.05) is 36.4 Å². The zero-order valence-electron chi connectivity index (χ0n) is 15.1. The molecule has 1 amide bonds. The standard InChI is InChI=1S/C21H18N4O3/c26-21(25-8-7-15-3-1-2-4-17(15)25)16-11-24-20(12-22-16)23-10-14-5-6-18-19(9-14)28-13-27-18/h1-6,9,11-12H,7-8,10,13H2,(H,23,24). The average molecular weight is 374 g/mol. The summed E-state index contributed by atoms with van der Waals surface area (Å²) in [6, 6.07) is 13.8. The van der Waals surface area contributed by atoms with Crippen LogP contribution in [0.25, 0.3) is 0 Å². The highest BCUT2D eigenvalue weighted by molar-refractivity contribution is 6.05. The normalized spacial score (nSPS) is 14.1. The first kappa shape index (κ1) is 16.6. The van der Waals surface area contributed by atoms with Crippen molar-refractivity contribution in [1.29, 1.82) is 0 Å². The van der Waals surface area contributed by atoms with Gasteiger partial charge in [-0.15, -0.1) is 0 Å². The van der Waals surface area contributed by atoms with Crippen molar-refractivity contribution in [2.75, 3.05) is 23.6 Å². The molecule has 2 aliphatic heterocycles. The van der Waals surface area contributed by atoms with Gasteiger partial charge in [-0.3, -0.25) is 4.79 Å². The highest BCUT2D eigenvalue weighted by Crippen LogP contribution is 2.32. The number of ether oxygens (including phenoxy) is 2. The lowest BCUT2D eigenvalue weighted by molar-refractivity contribution is 0.0984. The van der Waals surface area contributed by atoms with Crippen LogP contribution >= 0.6 is 0 Å². The molecule has 28 heavy (non-hydrogen) atoms. The fourth-order valence-corrected chi connectivity index (χ4v) is 3.46. The molecule has 0 fully saturated rings. The van der Waals surface area contributed by atoms with Crippen LogP contribution in [0.3, 0.4) is 0 Å². The van der Waals surface area contributed by atoms with E-state index in [0.29, 0.717) is 24.6 Å². The molecule has 0 saturated heterocycles. The van der Waals surface area contributed by atoms with E-state index in [1.165, 1.54) is 11.8 Å². The second-order valence-electron chi connectivity index (χ2n) is 6.66. The van der Waals surface area contributed by atoms with Crippen LogP contribution in [0.2, 0.25) is 0 Å². The molecule has 1 N–H and O–H groups in total. The van der Waals surface area contributed by atoms with Gasteiger partial charge in [0.1, 0.15) is 11.5 Å². The van der Waals surface area contributed by atoms with Crippen molar-refractivity contribution in [1.82, 2.24) is 9.97 Å². The van der Waals surface area contributed by atoms with Gasteiger partial charge in [0.25, 0.3) is 5.91 Å². The van der Waals surface area contributed by atoms with Gasteiger partial charge in [0.05, 0.1) is 12.4 Å². The van der Waals surface area contributed by atoms with Gasteiger partial charge in [-0.25, -0.2) is 9.97 Å². The number of amides is 1. The van der Waals surface area contributed by atoms with Crippen molar-refractivity contribution in [2.45, 2.75) is 13.0 Å². The van der Waals surface area contributed by atoms with Crippen molar-refractivity contribution in [2.24, 2.45) is 0 Å². The van der Waals surface area contributed by atoms with E-state index < -0.39 is 0 Å². The van der Waals surface area contributed by atoms with Gasteiger partial charge < -0.3 is 19.7 Å². The minimum atomic E-state index is -0.125. The van der Waals surface area contributed by atoms with Crippen molar-refractivity contribution in [3.8, 4) is 11.5 Å². The molecular formula is C21H18N4O3. The Morgan fingerprint density at radius 1 is 1.07 bits per heavy atom. The number of para-hydroxylation sites is 1. The lowest BCUT2D eigenvalue weighted by atomic mass is 10.2. The number of nitrogens with zero attached hydrogens (tertiary/aromatic N) is 3. The van der Waals surface area contributed by atoms with Crippen LogP contribution < -0.4 is 19.7 Å². The van der Waals surface area contributed by atoms with Crippen molar-refractivity contribution < 1.29 is 14.3 Å². The number of carbonyl (C=O) groups is 1. The second-order valence-corrected chi connectivity index (χ2v) is 6.66. The van der Waals surface area contributed by atoms with Crippen LogP contribution in [0.15, 0.2) is 54.9 Å². The number of benzene rings is 2. The zero-order chi connectivity index (χ0) is 18.9. The number of hydrogen-bond acceptors (Lipinski definition) is 6. The topological polar surface area (TPSA) is 76.6 Å². The average Bonchev–Trinajstić information content (AvgIpc) is 3.38. The van der Waals surface area contributed by atoms with E-state index in [4.69, 9.17) is 9.47 Å². The minimum Gasteiger partial charge on any atom is -0.454 e. The van der Waals surface area contributed by atoms with E-state index in [1.54, 1.807) is 11.1 Å². The number of fused-ring (bicyclic) bond motifs is 2. The number of aromatic nitrogens is 2. The fourth-order valence-electron chi connectivity index (χ4n) is 3.46. The van der Waals surface area contributed by atoms with Gasteiger partial charge in [-0.2, -0.15) is 0 Å². The molecule has 5 rings (SSSR count). The summed E-state index contributed by atoms with van der Waals surface area (Å²) in [5, 5.41) is 3.21. The molecule has 0 saturated carbocycles. The summed E-state index contributed by atoms with van der Waals surface area (Å²) in [7, 11) is 0. The number of anilines is 2. The summed E-state index contributed by atoms with van der Waals surface area (Å²) in [5.41, 5.74) is 3.52. The van der Waals surface area contributed by atoms with Crippen LogP contribution in [0.4, 0.5) is 11.5 Å². The lowest BCUT2D eigenvalue weighted by Gasteiger charge is -2.16. The molecule has 0 atom stereocenters. The molecule has 0 bridgehead atoms. The molecule has 1 aromatic heterocycles. The molecule has 0 spiro atoms. The maximum absolute atomic E-state index is 12.8. The van der Waals surface area contributed by atoms with Gasteiger partial charge in [-0.05, 0) is 35.7 Å². The maximum Gasteiger partial charge on any atom is 0.278 e. The summed E-state index contributed by atoms with van der Waals surface area (Å²) >= 11 is 0. The molecular weight excluding hydrogens is 356 g/mol. The van der Waals surface area contributed by atoms with Gasteiger partial charge >= 0.3 is 0 Å². The molecule has 2 aliphatic rings. The summed E-state index contributed by atoms with van der Waals surface area (Å²) in [5.74, 6) is 1.99. The van der Waals surface area contributed by atoms with Gasteiger partial charge in [0.2, 0.25) is 6.79 Å². The van der Waals surface area contributed by atoms with Gasteiger partial charge in [0, 0.05) is 18.8 Å². The predicted molar refractivity (Wildman–Crippen MR) is 104 cm³/mol. The quantitative estimate of drug-likeness (QED) is 0.757. The molecule has 0 unspecified atom stereocenters. The third-order valence-electron chi connectivity index (χ3n) is 4.91. The Hall–Kier alpha value is -3.61. The second kappa shape index (κ2) is 6.84. The molecule has 7 nitrogen and oxygen atoms in total. The molecule has 7 heteroatoms. The SMILES string of the molecule is O=C(c1cnc(NCc2ccc3c(c2)OCO3)cn1)N1CCc2ccccc21. The van der Waals surface area contributed by atoms with Crippen LogP contribution in [0, 0.1) is 0 Å². The molecule has 2 aromatic carbocycles. The number of rotatable bonds is 4. The summed E-state index contributed by atoms with van der Waals surface area (Å²) in [6.45, 7) is 1.50. The summed E-state index contributed by atoms with van der Waals surface area (Å²) in [6.07, 6.45) is 3.97. The molecule has 0 aliphatic carbocycles. The van der Waals surface area contributed by atoms with E-state index in [2.05, 4.69) is 21.4 Å². The predicted octanol–water partition coefficient (Wildman–Crippen LogP) is 3.02. The van der Waals surface area contributed by atoms with Crippen LogP contribution in [-0.4, -0.2) is 29.2 Å². The van der Waals surface area contributed by atoms with Crippen molar-refractivity contribution >= 4 is 17.4 Å². The highest BCUT2D eigenvalue weighted by Gasteiger charge is 2.26. The molecule has 0 radical (unpaired) electrons. The van der Waals surface area contributed by atoms with Gasteiger partial charge in [-0.1, -0.05) is 24.3 Å². The lowest BCUT2D eigenvalue weighted by Crippen LogP contribution is -2.29. The number of carbonyl (C=O) groups excluding carboxylic acids is 1. The Balaban J connectivity index is 1.25. The third kappa shape index (κ3) is 3.00. The van der Waals surface area contributed by atoms with E-state index in [-0.39, 0.29) is 12.7 Å². The third-order valence-corrected chi connectivity index (χ3v) is 4.91.